The van der Waals surface area contributed by atoms with Crippen LogP contribution in [0.5, 0.6) is 0 Å². The zero-order valence-electron chi connectivity index (χ0n) is 10.3. The minimum absolute atomic E-state index is 0.759. The summed E-state index contributed by atoms with van der Waals surface area (Å²) in [6.07, 6.45) is 2.68. The largest absolute Gasteiger partial charge is 0.299 e. The van der Waals surface area contributed by atoms with Gasteiger partial charge in [-0.15, -0.1) is 0 Å². The molecule has 0 spiro atoms. The molecular weight excluding hydrogens is 194 g/mol. The van der Waals surface area contributed by atoms with Gasteiger partial charge in [0.05, 0.1) is 0 Å². The second-order valence-corrected chi connectivity index (χ2v) is 5.63. The molecule has 1 saturated heterocycles. The van der Waals surface area contributed by atoms with E-state index in [0.29, 0.717) is 0 Å². The van der Waals surface area contributed by atoms with E-state index >= 15 is 0 Å². The van der Waals surface area contributed by atoms with Crippen molar-refractivity contribution < 1.29 is 0 Å². The van der Waals surface area contributed by atoms with Gasteiger partial charge in [-0.25, -0.2) is 0 Å². The third-order valence-corrected chi connectivity index (χ3v) is 4.34. The third-order valence-electron chi connectivity index (χ3n) is 4.34. The van der Waals surface area contributed by atoms with Gasteiger partial charge in [-0.3, -0.25) is 4.90 Å². The third kappa shape index (κ3) is 1.49. The summed E-state index contributed by atoms with van der Waals surface area (Å²) >= 11 is 0. The second kappa shape index (κ2) is 3.89. The predicted molar refractivity (Wildman–Crippen MR) is 67.7 cm³/mol. The highest BCUT2D eigenvalue weighted by Gasteiger charge is 2.39. The van der Waals surface area contributed by atoms with Crippen molar-refractivity contribution in [3.05, 3.63) is 35.4 Å². The molecule has 1 aromatic rings. The molecule has 86 valence electrons. The van der Waals surface area contributed by atoms with Crippen LogP contribution in [-0.2, 0) is 6.42 Å². The molecule has 0 N–H and O–H groups in total. The fourth-order valence-electron chi connectivity index (χ4n) is 3.44. The average Bonchev–Trinajstić information content (AvgIpc) is 2.53. The maximum Gasteiger partial charge on any atom is 0.0207 e. The number of likely N-dealkylation sites (tertiary alicyclic amines) is 1. The Hall–Kier alpha value is -0.820. The number of nitrogens with zero attached hydrogens (tertiary/aromatic N) is 1. The lowest BCUT2D eigenvalue weighted by Gasteiger charge is -2.40. The van der Waals surface area contributed by atoms with Crippen LogP contribution in [-0.4, -0.2) is 24.0 Å². The van der Waals surface area contributed by atoms with Crippen LogP contribution in [0.4, 0.5) is 0 Å². The molecule has 16 heavy (non-hydrogen) atoms. The van der Waals surface area contributed by atoms with Crippen molar-refractivity contribution >= 4 is 0 Å². The van der Waals surface area contributed by atoms with Crippen molar-refractivity contribution in [1.29, 1.82) is 0 Å². The maximum atomic E-state index is 2.69. The zero-order chi connectivity index (χ0) is 11.1. The van der Waals surface area contributed by atoms with Gasteiger partial charge in [0, 0.05) is 12.0 Å². The lowest BCUT2D eigenvalue weighted by Crippen LogP contribution is -2.47. The SMILES string of the molecule is CC(C)[C@@H]1c2ccccc2C[C@H]1N1CCC1. The Labute approximate surface area is 98.5 Å². The minimum Gasteiger partial charge on any atom is -0.299 e. The van der Waals surface area contributed by atoms with Crippen LogP contribution in [0.15, 0.2) is 24.3 Å². The molecule has 0 unspecified atom stereocenters. The molecular formula is C15H21N. The monoisotopic (exact) mass is 215 g/mol. The molecule has 2 atom stereocenters. The molecule has 0 radical (unpaired) electrons. The fourth-order valence-corrected chi connectivity index (χ4v) is 3.44. The van der Waals surface area contributed by atoms with Crippen molar-refractivity contribution in [3.8, 4) is 0 Å². The smallest absolute Gasteiger partial charge is 0.0207 e. The number of hydrogen-bond acceptors (Lipinski definition) is 1. The van der Waals surface area contributed by atoms with E-state index in [1.54, 1.807) is 11.1 Å². The molecule has 1 aliphatic carbocycles. The molecule has 0 saturated carbocycles. The van der Waals surface area contributed by atoms with E-state index in [-0.39, 0.29) is 0 Å². The predicted octanol–water partition coefficient (Wildman–Crippen LogP) is 3.06. The fraction of sp³-hybridized carbons (Fsp3) is 0.600. The molecule has 1 aliphatic heterocycles. The summed E-state index contributed by atoms with van der Waals surface area (Å²) in [5.41, 5.74) is 3.22. The van der Waals surface area contributed by atoms with E-state index in [1.807, 2.05) is 0 Å². The summed E-state index contributed by atoms with van der Waals surface area (Å²) in [6.45, 7) is 7.39. The van der Waals surface area contributed by atoms with Crippen LogP contribution in [0.3, 0.4) is 0 Å². The molecule has 1 nitrogen and oxygen atoms in total. The summed E-state index contributed by atoms with van der Waals surface area (Å²) in [5, 5.41) is 0. The van der Waals surface area contributed by atoms with Crippen molar-refractivity contribution in [1.82, 2.24) is 4.90 Å². The maximum absolute atomic E-state index is 2.69. The standard InChI is InChI=1S/C15H21N/c1-11(2)15-13-7-4-3-6-12(13)10-14(15)16-8-5-9-16/h3-4,6-7,11,14-15H,5,8-10H2,1-2H3/t14-,15-/m1/s1. The van der Waals surface area contributed by atoms with Crippen LogP contribution >= 0.6 is 0 Å². The number of hydrogen-bond donors (Lipinski definition) is 0. The lowest BCUT2D eigenvalue weighted by molar-refractivity contribution is 0.0950. The van der Waals surface area contributed by atoms with Crippen molar-refractivity contribution in [2.24, 2.45) is 5.92 Å². The molecule has 1 heteroatoms. The Morgan fingerprint density at radius 1 is 1.19 bits per heavy atom. The number of fused-ring (bicyclic) bond motifs is 1. The Bertz CT molecular complexity index is 379. The Morgan fingerprint density at radius 2 is 1.94 bits per heavy atom. The van der Waals surface area contributed by atoms with Crippen LogP contribution in [0.2, 0.25) is 0 Å². The van der Waals surface area contributed by atoms with Gasteiger partial charge in [0.25, 0.3) is 0 Å². The van der Waals surface area contributed by atoms with Crippen LogP contribution in [0, 0.1) is 5.92 Å². The first-order chi connectivity index (χ1) is 7.77. The average molecular weight is 215 g/mol. The van der Waals surface area contributed by atoms with Gasteiger partial charge in [-0.2, -0.15) is 0 Å². The molecule has 0 aromatic heterocycles. The second-order valence-electron chi connectivity index (χ2n) is 5.63. The van der Waals surface area contributed by atoms with E-state index in [4.69, 9.17) is 0 Å². The van der Waals surface area contributed by atoms with Gasteiger partial charge in [0.2, 0.25) is 0 Å². The molecule has 2 aliphatic rings. The normalized spacial score (nSPS) is 29.2. The summed E-state index contributed by atoms with van der Waals surface area (Å²) in [5.74, 6) is 1.52. The van der Waals surface area contributed by atoms with E-state index in [2.05, 4.69) is 43.0 Å². The van der Waals surface area contributed by atoms with E-state index in [0.717, 1.165) is 17.9 Å². The summed E-state index contributed by atoms with van der Waals surface area (Å²) in [7, 11) is 0. The van der Waals surface area contributed by atoms with Gasteiger partial charge < -0.3 is 0 Å². The first-order valence-electron chi connectivity index (χ1n) is 6.59. The first-order valence-corrected chi connectivity index (χ1v) is 6.59. The van der Waals surface area contributed by atoms with Crippen molar-refractivity contribution in [3.63, 3.8) is 0 Å². The summed E-state index contributed by atoms with van der Waals surface area (Å²) < 4.78 is 0. The highest BCUT2D eigenvalue weighted by Crippen LogP contribution is 2.41. The van der Waals surface area contributed by atoms with Gasteiger partial charge in [-0.1, -0.05) is 38.1 Å². The first kappa shape index (κ1) is 10.3. The summed E-state index contributed by atoms with van der Waals surface area (Å²) in [4.78, 5) is 2.69. The molecule has 1 aromatic carbocycles. The highest BCUT2D eigenvalue weighted by atomic mass is 15.2. The van der Waals surface area contributed by atoms with Gasteiger partial charge >= 0.3 is 0 Å². The van der Waals surface area contributed by atoms with Crippen molar-refractivity contribution in [2.45, 2.75) is 38.6 Å². The summed E-state index contributed by atoms with van der Waals surface area (Å²) in [6, 6.07) is 9.84. The number of rotatable bonds is 2. The Kier molecular flexibility index (Phi) is 2.51. The van der Waals surface area contributed by atoms with Crippen LogP contribution in [0.25, 0.3) is 0 Å². The Morgan fingerprint density at radius 3 is 2.56 bits per heavy atom. The zero-order valence-corrected chi connectivity index (χ0v) is 10.3. The van der Waals surface area contributed by atoms with Crippen molar-refractivity contribution in [2.75, 3.05) is 13.1 Å². The van der Waals surface area contributed by atoms with E-state index in [9.17, 15) is 0 Å². The van der Waals surface area contributed by atoms with E-state index < -0.39 is 0 Å². The molecule has 1 heterocycles. The molecule has 0 amide bonds. The topological polar surface area (TPSA) is 3.24 Å². The molecule has 3 rings (SSSR count). The lowest BCUT2D eigenvalue weighted by atomic mass is 9.85. The molecule has 1 fully saturated rings. The molecule has 0 bridgehead atoms. The van der Waals surface area contributed by atoms with E-state index in [1.165, 1.54) is 25.9 Å². The van der Waals surface area contributed by atoms with Gasteiger partial charge in [0.1, 0.15) is 0 Å². The quantitative estimate of drug-likeness (QED) is 0.733. The van der Waals surface area contributed by atoms with Crippen LogP contribution in [0.1, 0.15) is 37.3 Å². The number of benzene rings is 1. The van der Waals surface area contributed by atoms with Gasteiger partial charge in [0.15, 0.2) is 0 Å². The minimum atomic E-state index is 0.759. The highest BCUT2D eigenvalue weighted by molar-refractivity contribution is 5.38. The Balaban J connectivity index is 1.93. The van der Waals surface area contributed by atoms with Gasteiger partial charge in [-0.05, 0) is 43.0 Å². The van der Waals surface area contributed by atoms with Crippen LogP contribution < -0.4 is 0 Å².